The molecule has 0 spiro atoms. The zero-order valence-corrected chi connectivity index (χ0v) is 15.0. The minimum atomic E-state index is -0.469. The molecule has 5 nitrogen and oxygen atoms in total. The predicted octanol–water partition coefficient (Wildman–Crippen LogP) is 3.08. The van der Waals surface area contributed by atoms with E-state index in [4.69, 9.17) is 4.74 Å². The molecule has 0 saturated carbocycles. The minimum absolute atomic E-state index is 0. The minimum Gasteiger partial charge on any atom is -0.453 e. The summed E-state index contributed by atoms with van der Waals surface area (Å²) in [6.45, 7) is 1.88. The maximum absolute atomic E-state index is 14.1. The Bertz CT molecular complexity index is 683. The molecule has 8 heteroatoms. The second-order valence-electron chi connectivity index (χ2n) is 5.46. The zero-order chi connectivity index (χ0) is 16.1. The van der Waals surface area contributed by atoms with Crippen LogP contribution in [0.5, 0.6) is 11.5 Å². The molecule has 136 valence electrons. The Morgan fingerprint density at radius 2 is 2.20 bits per heavy atom. The van der Waals surface area contributed by atoms with Crippen molar-refractivity contribution in [1.82, 2.24) is 15.6 Å². The summed E-state index contributed by atoms with van der Waals surface area (Å²) >= 11 is 0. The average molecular weight is 388 g/mol. The van der Waals surface area contributed by atoms with E-state index in [-0.39, 0.29) is 42.4 Å². The van der Waals surface area contributed by atoms with E-state index in [2.05, 4.69) is 15.6 Å². The Kier molecular flexibility index (Phi) is 8.61. The van der Waals surface area contributed by atoms with E-state index < -0.39 is 5.82 Å². The number of carbonyl (C=O) groups excluding carboxylic acids is 1. The summed E-state index contributed by atoms with van der Waals surface area (Å²) in [6.07, 6.45) is 3.98. The standard InChI is InChI=1S/C17H18FN3O2.2ClH/c18-15-8-12(9-21-17(22)13-5-7-20-10-13)3-4-16(15)23-14-2-1-6-19-11-14;;/h1-4,6,8,11,13,20H,5,7,9-10H2,(H,21,22);2*1H. The Labute approximate surface area is 158 Å². The number of ether oxygens (including phenoxy) is 1. The normalized spacial score (nSPS) is 15.6. The first-order valence-corrected chi connectivity index (χ1v) is 7.57. The van der Waals surface area contributed by atoms with Crippen molar-refractivity contribution in [2.45, 2.75) is 13.0 Å². The molecule has 2 aromatic rings. The molecule has 3 rings (SSSR count). The number of amides is 1. The fraction of sp³-hybridized carbons (Fsp3) is 0.294. The maximum atomic E-state index is 14.1. The molecular weight excluding hydrogens is 368 g/mol. The molecule has 0 aliphatic carbocycles. The van der Waals surface area contributed by atoms with Crippen LogP contribution >= 0.6 is 24.8 Å². The lowest BCUT2D eigenvalue weighted by atomic mass is 10.1. The van der Waals surface area contributed by atoms with Gasteiger partial charge in [-0.1, -0.05) is 6.07 Å². The highest BCUT2D eigenvalue weighted by atomic mass is 35.5. The van der Waals surface area contributed by atoms with Gasteiger partial charge in [0.2, 0.25) is 5.91 Å². The first kappa shape index (κ1) is 21.2. The molecule has 1 atom stereocenters. The number of rotatable bonds is 5. The average Bonchev–Trinajstić information content (AvgIpc) is 3.10. The summed E-state index contributed by atoms with van der Waals surface area (Å²) in [5, 5.41) is 5.99. The molecule has 1 amide bonds. The summed E-state index contributed by atoms with van der Waals surface area (Å²) in [5.74, 6) is 0.150. The highest BCUT2D eigenvalue weighted by Crippen LogP contribution is 2.24. The van der Waals surface area contributed by atoms with Crippen molar-refractivity contribution >= 4 is 30.7 Å². The van der Waals surface area contributed by atoms with Gasteiger partial charge in [-0.2, -0.15) is 0 Å². The lowest BCUT2D eigenvalue weighted by molar-refractivity contribution is -0.124. The van der Waals surface area contributed by atoms with Gasteiger partial charge in [0.05, 0.1) is 12.1 Å². The number of pyridine rings is 1. The van der Waals surface area contributed by atoms with Gasteiger partial charge in [0, 0.05) is 19.3 Å². The van der Waals surface area contributed by atoms with Crippen LogP contribution in [0.4, 0.5) is 4.39 Å². The molecule has 2 N–H and O–H groups in total. The third-order valence-electron chi connectivity index (χ3n) is 3.76. The van der Waals surface area contributed by atoms with Crippen LogP contribution in [0.2, 0.25) is 0 Å². The second-order valence-corrected chi connectivity index (χ2v) is 5.46. The van der Waals surface area contributed by atoms with E-state index in [9.17, 15) is 9.18 Å². The van der Waals surface area contributed by atoms with Gasteiger partial charge < -0.3 is 15.4 Å². The predicted molar refractivity (Wildman–Crippen MR) is 98.0 cm³/mol. The summed E-state index contributed by atoms with van der Waals surface area (Å²) in [7, 11) is 0. The highest BCUT2D eigenvalue weighted by molar-refractivity contribution is 5.85. The molecule has 1 aliphatic heterocycles. The van der Waals surface area contributed by atoms with Crippen molar-refractivity contribution in [2.24, 2.45) is 5.92 Å². The Morgan fingerprint density at radius 1 is 1.36 bits per heavy atom. The molecule has 25 heavy (non-hydrogen) atoms. The number of carbonyl (C=O) groups is 1. The van der Waals surface area contributed by atoms with Crippen molar-refractivity contribution in [3.05, 3.63) is 54.1 Å². The fourth-order valence-corrected chi connectivity index (χ4v) is 2.48. The van der Waals surface area contributed by atoms with Gasteiger partial charge in [-0.15, -0.1) is 24.8 Å². The third-order valence-corrected chi connectivity index (χ3v) is 3.76. The third kappa shape index (κ3) is 5.85. The van der Waals surface area contributed by atoms with Gasteiger partial charge >= 0.3 is 0 Å². The zero-order valence-electron chi connectivity index (χ0n) is 13.4. The monoisotopic (exact) mass is 387 g/mol. The van der Waals surface area contributed by atoms with E-state index in [1.165, 1.54) is 12.3 Å². The summed E-state index contributed by atoms with van der Waals surface area (Å²) < 4.78 is 19.5. The van der Waals surface area contributed by atoms with Crippen LogP contribution < -0.4 is 15.4 Å². The van der Waals surface area contributed by atoms with Gasteiger partial charge in [0.1, 0.15) is 5.75 Å². The quantitative estimate of drug-likeness (QED) is 0.827. The lowest BCUT2D eigenvalue weighted by Crippen LogP contribution is -2.31. The fourth-order valence-electron chi connectivity index (χ4n) is 2.48. The van der Waals surface area contributed by atoms with E-state index in [1.807, 2.05) is 0 Å². The van der Waals surface area contributed by atoms with Crippen LogP contribution in [0.15, 0.2) is 42.7 Å². The van der Waals surface area contributed by atoms with Crippen LogP contribution in [0, 0.1) is 11.7 Å². The van der Waals surface area contributed by atoms with Crippen LogP contribution in [0.1, 0.15) is 12.0 Å². The van der Waals surface area contributed by atoms with Gasteiger partial charge in [-0.05, 0) is 42.8 Å². The van der Waals surface area contributed by atoms with Gasteiger partial charge in [0.15, 0.2) is 11.6 Å². The maximum Gasteiger partial charge on any atom is 0.224 e. The number of hydrogen-bond acceptors (Lipinski definition) is 4. The van der Waals surface area contributed by atoms with Gasteiger partial charge in [-0.25, -0.2) is 4.39 Å². The molecule has 1 fully saturated rings. The number of nitrogens with one attached hydrogen (secondary N) is 2. The van der Waals surface area contributed by atoms with Crippen molar-refractivity contribution in [3.8, 4) is 11.5 Å². The smallest absolute Gasteiger partial charge is 0.224 e. The first-order chi connectivity index (χ1) is 11.2. The number of hydrogen-bond donors (Lipinski definition) is 2. The summed E-state index contributed by atoms with van der Waals surface area (Å²) in [4.78, 5) is 15.8. The molecule has 1 saturated heterocycles. The first-order valence-electron chi connectivity index (χ1n) is 7.57. The molecule has 1 aliphatic rings. The number of nitrogens with zero attached hydrogens (tertiary/aromatic N) is 1. The van der Waals surface area contributed by atoms with Crippen LogP contribution in [-0.2, 0) is 11.3 Å². The van der Waals surface area contributed by atoms with Crippen molar-refractivity contribution in [3.63, 3.8) is 0 Å². The van der Waals surface area contributed by atoms with E-state index in [0.29, 0.717) is 24.4 Å². The van der Waals surface area contributed by atoms with E-state index >= 15 is 0 Å². The molecule has 0 radical (unpaired) electrons. The van der Waals surface area contributed by atoms with Gasteiger partial charge in [0.25, 0.3) is 0 Å². The van der Waals surface area contributed by atoms with E-state index in [1.54, 1.807) is 30.5 Å². The molecule has 0 bridgehead atoms. The summed E-state index contributed by atoms with van der Waals surface area (Å²) in [5.41, 5.74) is 0.695. The summed E-state index contributed by atoms with van der Waals surface area (Å²) in [6, 6.07) is 8.09. The largest absolute Gasteiger partial charge is 0.453 e. The van der Waals surface area contributed by atoms with E-state index in [0.717, 1.165) is 13.0 Å². The van der Waals surface area contributed by atoms with Crippen LogP contribution in [-0.4, -0.2) is 24.0 Å². The number of halogens is 3. The van der Waals surface area contributed by atoms with Crippen molar-refractivity contribution < 1.29 is 13.9 Å². The van der Waals surface area contributed by atoms with Crippen LogP contribution in [0.3, 0.4) is 0 Å². The topological polar surface area (TPSA) is 63.2 Å². The highest BCUT2D eigenvalue weighted by Gasteiger charge is 2.21. The SMILES string of the molecule is Cl.Cl.O=C(NCc1ccc(Oc2cccnc2)c(F)c1)C1CCNC1. The molecular formula is C17H20Cl2FN3O2. The second kappa shape index (κ2) is 10.2. The molecule has 1 aromatic carbocycles. The number of aromatic nitrogens is 1. The molecule has 1 unspecified atom stereocenters. The lowest BCUT2D eigenvalue weighted by Gasteiger charge is -2.11. The van der Waals surface area contributed by atoms with Gasteiger partial charge in [-0.3, -0.25) is 9.78 Å². The Hall–Kier alpha value is -1.89. The van der Waals surface area contributed by atoms with Crippen LogP contribution in [0.25, 0.3) is 0 Å². The van der Waals surface area contributed by atoms with Crippen molar-refractivity contribution in [1.29, 1.82) is 0 Å². The molecule has 1 aromatic heterocycles. The number of benzene rings is 1. The Balaban J connectivity index is 0.00000156. The Morgan fingerprint density at radius 3 is 2.84 bits per heavy atom. The van der Waals surface area contributed by atoms with Crippen molar-refractivity contribution in [2.75, 3.05) is 13.1 Å². The molecule has 2 heterocycles.